The highest BCUT2D eigenvalue weighted by molar-refractivity contribution is 7.11. The largest absolute Gasteiger partial charge is 0.505 e. The van der Waals surface area contributed by atoms with Crippen LogP contribution in [0.15, 0.2) is 28.6 Å². The van der Waals surface area contributed by atoms with E-state index in [-0.39, 0.29) is 5.69 Å². The standard InChI is InChI=1S/C12H7F2N5OS/c1-5-15-4-6-11(16-5)19-21-12(6)18-17-9-2-8(14)10(20)3-7(9)13/h2-4,20H,1H3. The molecule has 0 spiro atoms. The van der Waals surface area contributed by atoms with Gasteiger partial charge in [-0.2, -0.15) is 4.37 Å². The lowest BCUT2D eigenvalue weighted by molar-refractivity contribution is 0.427. The van der Waals surface area contributed by atoms with Gasteiger partial charge in [0.25, 0.3) is 0 Å². The van der Waals surface area contributed by atoms with Gasteiger partial charge in [0.1, 0.15) is 11.5 Å². The van der Waals surface area contributed by atoms with E-state index in [1.54, 1.807) is 13.1 Å². The van der Waals surface area contributed by atoms with Crippen molar-refractivity contribution in [3.63, 3.8) is 0 Å². The van der Waals surface area contributed by atoms with Crippen molar-refractivity contribution in [3.05, 3.63) is 35.8 Å². The van der Waals surface area contributed by atoms with Crippen molar-refractivity contribution in [2.75, 3.05) is 0 Å². The third-order valence-electron chi connectivity index (χ3n) is 2.60. The van der Waals surface area contributed by atoms with Crippen LogP contribution < -0.4 is 0 Å². The monoisotopic (exact) mass is 307 g/mol. The molecular formula is C12H7F2N5OS. The predicted octanol–water partition coefficient (Wildman–Crippen LogP) is 3.79. The second kappa shape index (κ2) is 5.09. The molecule has 0 radical (unpaired) electrons. The van der Waals surface area contributed by atoms with E-state index in [9.17, 15) is 8.78 Å². The van der Waals surface area contributed by atoms with Crippen LogP contribution in [0.25, 0.3) is 11.0 Å². The SMILES string of the molecule is Cc1ncc2c(N=Nc3cc(F)c(O)cc3F)snc2n1. The Hall–Kier alpha value is -2.55. The summed E-state index contributed by atoms with van der Waals surface area (Å²) in [4.78, 5) is 8.14. The molecule has 21 heavy (non-hydrogen) atoms. The van der Waals surface area contributed by atoms with E-state index in [1.807, 2.05) is 0 Å². The number of aromatic hydroxyl groups is 1. The van der Waals surface area contributed by atoms with Crippen LogP contribution in [0.5, 0.6) is 5.75 Å². The fourth-order valence-corrected chi connectivity index (χ4v) is 2.22. The van der Waals surface area contributed by atoms with Gasteiger partial charge in [0.2, 0.25) is 0 Å². The number of phenols is 1. The van der Waals surface area contributed by atoms with Crippen LogP contribution in [0.1, 0.15) is 5.82 Å². The first kappa shape index (κ1) is 13.4. The highest BCUT2D eigenvalue weighted by Gasteiger charge is 2.10. The van der Waals surface area contributed by atoms with Crippen LogP contribution in [-0.4, -0.2) is 19.4 Å². The minimum atomic E-state index is -0.974. The number of benzene rings is 1. The average Bonchev–Trinajstić information content (AvgIpc) is 2.83. The summed E-state index contributed by atoms with van der Waals surface area (Å²) >= 11 is 1.03. The number of azo groups is 1. The lowest BCUT2D eigenvalue weighted by Crippen LogP contribution is -1.85. The molecule has 0 fully saturated rings. The minimum absolute atomic E-state index is 0.320. The first-order chi connectivity index (χ1) is 10.0. The maximum atomic E-state index is 13.5. The molecule has 0 aliphatic carbocycles. The Morgan fingerprint density at radius 1 is 1.19 bits per heavy atom. The van der Waals surface area contributed by atoms with Gasteiger partial charge in [0.05, 0.1) is 5.39 Å². The van der Waals surface area contributed by atoms with Gasteiger partial charge in [0.15, 0.2) is 28.0 Å². The molecule has 1 aromatic carbocycles. The van der Waals surface area contributed by atoms with Gasteiger partial charge in [-0.25, -0.2) is 18.7 Å². The Kier molecular flexibility index (Phi) is 3.26. The van der Waals surface area contributed by atoms with Crippen molar-refractivity contribution in [2.45, 2.75) is 6.92 Å². The Balaban J connectivity index is 2.00. The van der Waals surface area contributed by atoms with Crippen molar-refractivity contribution >= 4 is 33.3 Å². The van der Waals surface area contributed by atoms with Crippen LogP contribution in [-0.2, 0) is 0 Å². The Morgan fingerprint density at radius 3 is 2.81 bits per heavy atom. The molecule has 9 heteroatoms. The molecule has 1 N–H and O–H groups in total. The Morgan fingerprint density at radius 2 is 2.00 bits per heavy atom. The normalized spacial score (nSPS) is 11.6. The van der Waals surface area contributed by atoms with Gasteiger partial charge in [-0.15, -0.1) is 10.2 Å². The van der Waals surface area contributed by atoms with Crippen LogP contribution in [0, 0.1) is 18.6 Å². The number of rotatable bonds is 2. The highest BCUT2D eigenvalue weighted by Crippen LogP contribution is 2.32. The van der Waals surface area contributed by atoms with Gasteiger partial charge in [-0.05, 0) is 18.5 Å². The molecular weight excluding hydrogens is 300 g/mol. The predicted molar refractivity (Wildman–Crippen MR) is 72.1 cm³/mol. The molecule has 0 atom stereocenters. The Labute approximate surface area is 121 Å². The number of phenolic OH excluding ortho intramolecular Hbond substituents is 1. The first-order valence-electron chi connectivity index (χ1n) is 5.73. The first-order valence-corrected chi connectivity index (χ1v) is 6.50. The summed E-state index contributed by atoms with van der Waals surface area (Å²) in [6, 6.07) is 1.40. The van der Waals surface area contributed by atoms with Gasteiger partial charge in [-0.3, -0.25) is 0 Å². The number of hydrogen-bond acceptors (Lipinski definition) is 7. The third-order valence-corrected chi connectivity index (χ3v) is 3.34. The fourth-order valence-electron chi connectivity index (χ4n) is 1.59. The number of halogens is 2. The molecule has 0 saturated heterocycles. The van der Waals surface area contributed by atoms with Crippen LogP contribution in [0.3, 0.4) is 0 Å². The number of aromatic nitrogens is 3. The molecule has 106 valence electrons. The average molecular weight is 307 g/mol. The topological polar surface area (TPSA) is 83.6 Å². The van der Waals surface area contributed by atoms with Gasteiger partial charge < -0.3 is 5.11 Å². The zero-order valence-electron chi connectivity index (χ0n) is 10.6. The molecule has 6 nitrogen and oxygen atoms in total. The minimum Gasteiger partial charge on any atom is -0.505 e. The molecule has 3 rings (SSSR count). The van der Waals surface area contributed by atoms with E-state index in [1.165, 1.54) is 0 Å². The highest BCUT2D eigenvalue weighted by atomic mass is 32.1. The van der Waals surface area contributed by atoms with E-state index >= 15 is 0 Å². The molecule has 0 unspecified atom stereocenters. The van der Waals surface area contributed by atoms with E-state index in [0.29, 0.717) is 27.9 Å². The Bertz CT molecular complexity index is 864. The van der Waals surface area contributed by atoms with Gasteiger partial charge in [-0.1, -0.05) is 0 Å². The van der Waals surface area contributed by atoms with Gasteiger partial charge >= 0.3 is 0 Å². The summed E-state index contributed by atoms with van der Waals surface area (Å²) in [7, 11) is 0. The van der Waals surface area contributed by atoms with E-state index in [0.717, 1.165) is 17.6 Å². The quantitative estimate of drug-likeness (QED) is 0.730. The third kappa shape index (κ3) is 2.55. The van der Waals surface area contributed by atoms with Crippen molar-refractivity contribution in [2.24, 2.45) is 10.2 Å². The summed E-state index contributed by atoms with van der Waals surface area (Å²) < 4.78 is 30.8. The summed E-state index contributed by atoms with van der Waals surface area (Å²) in [6.45, 7) is 1.73. The molecule has 0 aliphatic heterocycles. The molecule has 2 heterocycles. The fraction of sp³-hybridized carbons (Fsp3) is 0.0833. The molecule has 0 bridgehead atoms. The van der Waals surface area contributed by atoms with Crippen molar-refractivity contribution in [1.29, 1.82) is 0 Å². The maximum Gasteiger partial charge on any atom is 0.178 e. The summed E-state index contributed by atoms with van der Waals surface area (Å²) in [5.74, 6) is -2.06. The van der Waals surface area contributed by atoms with Gasteiger partial charge in [0, 0.05) is 18.3 Å². The van der Waals surface area contributed by atoms with Crippen molar-refractivity contribution < 1.29 is 13.9 Å². The van der Waals surface area contributed by atoms with Crippen LogP contribution in [0.2, 0.25) is 0 Å². The molecule has 2 aromatic heterocycles. The zero-order valence-corrected chi connectivity index (χ0v) is 11.4. The summed E-state index contributed by atoms with van der Waals surface area (Å²) in [6.07, 6.45) is 1.54. The van der Waals surface area contributed by atoms with Crippen molar-refractivity contribution in [1.82, 2.24) is 14.3 Å². The number of aryl methyl sites for hydroxylation is 1. The van der Waals surface area contributed by atoms with E-state index < -0.39 is 17.4 Å². The van der Waals surface area contributed by atoms with Crippen LogP contribution in [0.4, 0.5) is 19.5 Å². The maximum absolute atomic E-state index is 13.5. The second-order valence-electron chi connectivity index (χ2n) is 4.10. The number of fused-ring (bicyclic) bond motifs is 1. The number of hydrogen-bond donors (Lipinski definition) is 1. The second-order valence-corrected chi connectivity index (χ2v) is 4.85. The smallest absolute Gasteiger partial charge is 0.178 e. The summed E-state index contributed by atoms with van der Waals surface area (Å²) in [5, 5.41) is 17.5. The molecule has 0 amide bonds. The summed E-state index contributed by atoms with van der Waals surface area (Å²) in [5.41, 5.74) is 0.152. The van der Waals surface area contributed by atoms with E-state index in [4.69, 9.17) is 5.11 Å². The zero-order chi connectivity index (χ0) is 15.0. The van der Waals surface area contributed by atoms with Crippen LogP contribution >= 0.6 is 11.5 Å². The van der Waals surface area contributed by atoms with Crippen molar-refractivity contribution in [3.8, 4) is 5.75 Å². The van der Waals surface area contributed by atoms with E-state index in [2.05, 4.69) is 24.6 Å². The molecule has 0 aliphatic rings. The molecule has 3 aromatic rings. The molecule has 0 saturated carbocycles. The lowest BCUT2D eigenvalue weighted by Gasteiger charge is -1.98. The number of nitrogens with zero attached hydrogens (tertiary/aromatic N) is 5. The lowest BCUT2D eigenvalue weighted by atomic mass is 10.3.